The molecule has 0 unspecified atom stereocenters. The molecule has 0 spiro atoms. The van der Waals surface area contributed by atoms with Crippen LogP contribution in [-0.4, -0.2) is 17.9 Å². The van der Waals surface area contributed by atoms with Gasteiger partial charge < -0.3 is 10.6 Å². The Morgan fingerprint density at radius 1 is 1.22 bits per heavy atom. The van der Waals surface area contributed by atoms with Gasteiger partial charge in [0, 0.05) is 7.05 Å². The van der Waals surface area contributed by atoms with Crippen molar-refractivity contribution >= 4 is 29.0 Å². The molecule has 0 saturated heterocycles. The molecule has 2 N–H and O–H groups in total. The summed E-state index contributed by atoms with van der Waals surface area (Å²) in [6.45, 7) is 0. The molecule has 0 aliphatic heterocycles. The fourth-order valence-corrected chi connectivity index (χ4v) is 1.68. The van der Waals surface area contributed by atoms with Crippen LogP contribution in [-0.2, 0) is 0 Å². The second kappa shape index (κ2) is 5.51. The van der Waals surface area contributed by atoms with E-state index >= 15 is 0 Å². The molecule has 18 heavy (non-hydrogen) atoms. The number of pyridine rings is 1. The van der Waals surface area contributed by atoms with E-state index in [1.54, 1.807) is 49.6 Å². The Bertz CT molecular complexity index is 554. The van der Waals surface area contributed by atoms with E-state index in [0.29, 0.717) is 16.3 Å². The van der Waals surface area contributed by atoms with E-state index in [1.807, 2.05) is 0 Å². The second-order valence-corrected chi connectivity index (χ2v) is 4.02. The van der Waals surface area contributed by atoms with Gasteiger partial charge in [-0.3, -0.25) is 4.79 Å². The van der Waals surface area contributed by atoms with Gasteiger partial charge in [-0.15, -0.1) is 0 Å². The average molecular weight is 262 g/mol. The number of halogens is 1. The van der Waals surface area contributed by atoms with Crippen molar-refractivity contribution in [3.8, 4) is 0 Å². The first kappa shape index (κ1) is 12.4. The van der Waals surface area contributed by atoms with Crippen LogP contribution in [0.1, 0.15) is 10.4 Å². The van der Waals surface area contributed by atoms with Gasteiger partial charge in [0.15, 0.2) is 0 Å². The maximum Gasteiger partial charge on any atom is 0.257 e. The lowest BCUT2D eigenvalue weighted by molar-refractivity contribution is 0.102. The zero-order valence-corrected chi connectivity index (χ0v) is 10.5. The van der Waals surface area contributed by atoms with Crippen molar-refractivity contribution in [2.45, 2.75) is 0 Å². The molecule has 0 aliphatic rings. The third kappa shape index (κ3) is 2.78. The van der Waals surface area contributed by atoms with Gasteiger partial charge in [0.1, 0.15) is 5.82 Å². The number of carbonyl (C=O) groups is 1. The molecule has 1 aromatic carbocycles. The molecule has 2 aromatic rings. The molecule has 1 heterocycles. The smallest absolute Gasteiger partial charge is 0.257 e. The first-order chi connectivity index (χ1) is 8.70. The number of nitrogens with zero attached hydrogens (tertiary/aromatic N) is 1. The lowest BCUT2D eigenvalue weighted by Gasteiger charge is -2.07. The summed E-state index contributed by atoms with van der Waals surface area (Å²) in [7, 11) is 1.78. The normalized spacial score (nSPS) is 9.89. The lowest BCUT2D eigenvalue weighted by atomic mass is 10.2. The summed E-state index contributed by atoms with van der Waals surface area (Å²) in [5.74, 6) is 0.491. The van der Waals surface area contributed by atoms with Crippen LogP contribution in [0.15, 0.2) is 42.6 Å². The van der Waals surface area contributed by atoms with Crippen LogP contribution in [0.5, 0.6) is 0 Å². The number of hydrogen-bond donors (Lipinski definition) is 2. The molecule has 0 bridgehead atoms. The fraction of sp³-hybridized carbons (Fsp3) is 0.0769. The van der Waals surface area contributed by atoms with E-state index in [0.717, 1.165) is 5.82 Å². The largest absolute Gasteiger partial charge is 0.373 e. The zero-order valence-electron chi connectivity index (χ0n) is 9.77. The monoisotopic (exact) mass is 261 g/mol. The van der Waals surface area contributed by atoms with Crippen LogP contribution in [0.3, 0.4) is 0 Å². The second-order valence-electron chi connectivity index (χ2n) is 3.62. The van der Waals surface area contributed by atoms with E-state index in [-0.39, 0.29) is 5.91 Å². The summed E-state index contributed by atoms with van der Waals surface area (Å²) >= 11 is 5.95. The molecule has 0 radical (unpaired) electrons. The Kier molecular flexibility index (Phi) is 3.79. The average Bonchev–Trinajstić information content (AvgIpc) is 2.40. The van der Waals surface area contributed by atoms with Crippen molar-refractivity contribution in [1.29, 1.82) is 0 Å². The van der Waals surface area contributed by atoms with Crippen LogP contribution < -0.4 is 10.6 Å². The molecule has 1 aromatic heterocycles. The van der Waals surface area contributed by atoms with Crippen molar-refractivity contribution in [3.05, 3.63) is 53.2 Å². The van der Waals surface area contributed by atoms with Crippen molar-refractivity contribution in [2.24, 2.45) is 0 Å². The summed E-state index contributed by atoms with van der Waals surface area (Å²) in [4.78, 5) is 16.1. The predicted molar refractivity (Wildman–Crippen MR) is 73.2 cm³/mol. The molecule has 0 aliphatic carbocycles. The van der Waals surface area contributed by atoms with Crippen molar-refractivity contribution in [3.63, 3.8) is 0 Å². The summed E-state index contributed by atoms with van der Waals surface area (Å²) in [6.07, 6.45) is 1.58. The van der Waals surface area contributed by atoms with Crippen LogP contribution in [0.2, 0.25) is 5.02 Å². The van der Waals surface area contributed by atoms with Gasteiger partial charge in [0.05, 0.1) is 22.5 Å². The van der Waals surface area contributed by atoms with Gasteiger partial charge in [-0.25, -0.2) is 4.98 Å². The summed E-state index contributed by atoms with van der Waals surface area (Å²) in [5, 5.41) is 6.07. The number of rotatable bonds is 3. The third-order valence-electron chi connectivity index (χ3n) is 2.40. The van der Waals surface area contributed by atoms with Gasteiger partial charge in [-0.05, 0) is 24.3 Å². The number of anilines is 2. The van der Waals surface area contributed by atoms with Gasteiger partial charge in [0.2, 0.25) is 0 Å². The fourth-order valence-electron chi connectivity index (χ4n) is 1.46. The lowest BCUT2D eigenvalue weighted by Crippen LogP contribution is -2.12. The Morgan fingerprint density at radius 3 is 2.61 bits per heavy atom. The summed E-state index contributed by atoms with van der Waals surface area (Å²) < 4.78 is 0. The highest BCUT2D eigenvalue weighted by Crippen LogP contribution is 2.17. The minimum absolute atomic E-state index is 0.250. The van der Waals surface area contributed by atoms with Crippen LogP contribution in [0.4, 0.5) is 11.5 Å². The number of aromatic nitrogens is 1. The minimum Gasteiger partial charge on any atom is -0.373 e. The first-order valence-corrected chi connectivity index (χ1v) is 5.78. The third-order valence-corrected chi connectivity index (χ3v) is 2.73. The van der Waals surface area contributed by atoms with E-state index in [9.17, 15) is 4.79 Å². The van der Waals surface area contributed by atoms with E-state index in [4.69, 9.17) is 11.6 Å². The SMILES string of the molecule is CNc1ccc(NC(=O)c2ccccc2Cl)cn1. The first-order valence-electron chi connectivity index (χ1n) is 5.40. The molecular formula is C13H12ClN3O. The standard InChI is InChI=1S/C13H12ClN3O/c1-15-12-7-6-9(8-16-12)17-13(18)10-4-2-3-5-11(10)14/h2-8H,1H3,(H,15,16)(H,17,18). The Labute approximate surface area is 110 Å². The summed E-state index contributed by atoms with van der Waals surface area (Å²) in [5.41, 5.74) is 1.07. The molecule has 2 rings (SSSR count). The van der Waals surface area contributed by atoms with Crippen LogP contribution in [0, 0.1) is 0 Å². The van der Waals surface area contributed by atoms with Crippen molar-refractivity contribution < 1.29 is 4.79 Å². The number of nitrogens with one attached hydrogen (secondary N) is 2. The molecule has 4 nitrogen and oxygen atoms in total. The molecule has 5 heteroatoms. The number of hydrogen-bond acceptors (Lipinski definition) is 3. The van der Waals surface area contributed by atoms with Gasteiger partial charge in [-0.2, -0.15) is 0 Å². The highest BCUT2D eigenvalue weighted by molar-refractivity contribution is 6.34. The molecular weight excluding hydrogens is 250 g/mol. The number of benzene rings is 1. The summed E-state index contributed by atoms with van der Waals surface area (Å²) in [6, 6.07) is 10.5. The van der Waals surface area contributed by atoms with Gasteiger partial charge >= 0.3 is 0 Å². The van der Waals surface area contributed by atoms with Crippen LogP contribution in [0.25, 0.3) is 0 Å². The van der Waals surface area contributed by atoms with E-state index in [2.05, 4.69) is 15.6 Å². The number of carbonyl (C=O) groups excluding carboxylic acids is 1. The van der Waals surface area contributed by atoms with E-state index < -0.39 is 0 Å². The maximum absolute atomic E-state index is 12.0. The highest BCUT2D eigenvalue weighted by Gasteiger charge is 2.09. The molecule has 1 amide bonds. The molecule has 0 saturated carbocycles. The van der Waals surface area contributed by atoms with Gasteiger partial charge in [-0.1, -0.05) is 23.7 Å². The number of amides is 1. The predicted octanol–water partition coefficient (Wildman–Crippen LogP) is 3.03. The quantitative estimate of drug-likeness (QED) is 0.893. The highest BCUT2D eigenvalue weighted by atomic mass is 35.5. The van der Waals surface area contributed by atoms with E-state index in [1.165, 1.54) is 0 Å². The molecule has 0 atom stereocenters. The maximum atomic E-state index is 12.0. The van der Waals surface area contributed by atoms with Gasteiger partial charge in [0.25, 0.3) is 5.91 Å². The zero-order chi connectivity index (χ0) is 13.0. The minimum atomic E-state index is -0.250. The van der Waals surface area contributed by atoms with Crippen molar-refractivity contribution in [1.82, 2.24) is 4.98 Å². The van der Waals surface area contributed by atoms with Crippen LogP contribution >= 0.6 is 11.6 Å². The van der Waals surface area contributed by atoms with Crippen molar-refractivity contribution in [2.75, 3.05) is 17.7 Å². The Morgan fingerprint density at radius 2 is 2.00 bits per heavy atom. The molecule has 0 fully saturated rings. The Balaban J connectivity index is 2.14. The molecule has 92 valence electrons. The topological polar surface area (TPSA) is 54.0 Å². The Hall–Kier alpha value is -2.07.